The molecule has 0 unspecified atom stereocenters. The van der Waals surface area contributed by atoms with E-state index < -0.39 is 43.0 Å². The molecule has 0 aliphatic rings. The van der Waals surface area contributed by atoms with Crippen molar-refractivity contribution >= 4 is 5.91 Å². The molecule has 23 heavy (non-hydrogen) atoms. The molecule has 0 fully saturated rings. The summed E-state index contributed by atoms with van der Waals surface area (Å²) in [6.45, 7) is -0.630. The van der Waals surface area contributed by atoms with Crippen molar-refractivity contribution in [3.63, 3.8) is 0 Å². The zero-order valence-corrected chi connectivity index (χ0v) is 12.5. The first-order chi connectivity index (χ1) is 10.9. The molecule has 8 heteroatoms. The average molecular weight is 329 g/mol. The predicted molar refractivity (Wildman–Crippen MR) is 80.3 cm³/mol. The lowest BCUT2D eigenvalue weighted by Crippen LogP contribution is -2.54. The van der Waals surface area contributed by atoms with E-state index in [0.29, 0.717) is 6.42 Å². The fraction of sp³-hybridized carbons (Fsp3) is 0.533. The number of benzene rings is 1. The van der Waals surface area contributed by atoms with Crippen LogP contribution in [-0.2, 0) is 11.2 Å². The maximum atomic E-state index is 11.7. The summed E-state index contributed by atoms with van der Waals surface area (Å²) < 4.78 is 0. The molecule has 1 aromatic rings. The van der Waals surface area contributed by atoms with Gasteiger partial charge in [-0.15, -0.1) is 0 Å². The molecule has 0 aliphatic carbocycles. The van der Waals surface area contributed by atoms with E-state index in [4.69, 9.17) is 5.11 Å². The first-order valence-corrected chi connectivity index (χ1v) is 7.21. The van der Waals surface area contributed by atoms with Crippen LogP contribution in [0.25, 0.3) is 0 Å². The van der Waals surface area contributed by atoms with Crippen molar-refractivity contribution in [2.45, 2.75) is 36.9 Å². The van der Waals surface area contributed by atoms with E-state index in [9.17, 15) is 30.3 Å². The highest BCUT2D eigenvalue weighted by molar-refractivity contribution is 5.81. The van der Waals surface area contributed by atoms with Gasteiger partial charge in [-0.3, -0.25) is 4.79 Å². The third kappa shape index (κ3) is 5.87. The van der Waals surface area contributed by atoms with E-state index in [0.717, 1.165) is 5.56 Å². The van der Waals surface area contributed by atoms with Crippen molar-refractivity contribution in [1.29, 1.82) is 0 Å². The molecule has 0 heterocycles. The van der Waals surface area contributed by atoms with Crippen molar-refractivity contribution in [1.82, 2.24) is 5.32 Å². The van der Waals surface area contributed by atoms with Gasteiger partial charge in [-0.25, -0.2) is 0 Å². The zero-order valence-electron chi connectivity index (χ0n) is 12.5. The Hall–Kier alpha value is -1.55. The van der Waals surface area contributed by atoms with Gasteiger partial charge in [0.05, 0.1) is 6.61 Å². The maximum Gasteiger partial charge on any atom is 0.251 e. The van der Waals surface area contributed by atoms with E-state index >= 15 is 0 Å². The van der Waals surface area contributed by atoms with Gasteiger partial charge in [0.1, 0.15) is 24.4 Å². The quantitative estimate of drug-likeness (QED) is 0.257. The third-order valence-electron chi connectivity index (χ3n) is 3.43. The highest BCUT2D eigenvalue weighted by atomic mass is 16.4. The number of hydrogen-bond acceptors (Lipinski definition) is 7. The summed E-state index contributed by atoms with van der Waals surface area (Å²) in [6.07, 6.45) is -9.07. The summed E-state index contributed by atoms with van der Waals surface area (Å²) in [6, 6.07) is 9.29. The molecule has 8 nitrogen and oxygen atoms in total. The Bertz CT molecular complexity index is 470. The normalized spacial score (nSPS) is 17.8. The number of aliphatic hydroxyl groups excluding tert-OH is 6. The molecule has 1 amide bonds. The van der Waals surface area contributed by atoms with Gasteiger partial charge in [-0.05, 0) is 12.0 Å². The Morgan fingerprint density at radius 2 is 1.57 bits per heavy atom. The molecule has 5 atom stereocenters. The smallest absolute Gasteiger partial charge is 0.251 e. The highest BCUT2D eigenvalue weighted by Gasteiger charge is 2.36. The van der Waals surface area contributed by atoms with Crippen LogP contribution in [0.5, 0.6) is 0 Å². The molecular weight excluding hydrogens is 306 g/mol. The number of nitrogens with one attached hydrogen (secondary N) is 1. The first kappa shape index (κ1) is 19.5. The number of hydrogen-bond donors (Lipinski definition) is 7. The molecule has 0 spiro atoms. The lowest BCUT2D eigenvalue weighted by Gasteiger charge is -2.27. The van der Waals surface area contributed by atoms with E-state index in [1.165, 1.54) is 0 Å². The van der Waals surface area contributed by atoms with Crippen LogP contribution in [-0.4, -0.2) is 80.2 Å². The van der Waals surface area contributed by atoms with Crippen LogP contribution in [0.1, 0.15) is 5.56 Å². The van der Waals surface area contributed by atoms with Crippen LogP contribution in [0.15, 0.2) is 30.3 Å². The molecular formula is C15H23NO7. The van der Waals surface area contributed by atoms with Gasteiger partial charge < -0.3 is 36.0 Å². The van der Waals surface area contributed by atoms with Crippen molar-refractivity contribution in [3.8, 4) is 0 Å². The highest BCUT2D eigenvalue weighted by Crippen LogP contribution is 2.09. The molecule has 1 aromatic carbocycles. The Balaban J connectivity index is 2.45. The Morgan fingerprint density at radius 1 is 0.957 bits per heavy atom. The summed E-state index contributed by atoms with van der Waals surface area (Å²) in [4.78, 5) is 11.7. The summed E-state index contributed by atoms with van der Waals surface area (Å²) >= 11 is 0. The summed E-state index contributed by atoms with van der Waals surface area (Å²) in [5, 5.41) is 58.6. The number of rotatable bonds is 9. The molecule has 0 saturated heterocycles. The molecule has 1 rings (SSSR count). The van der Waals surface area contributed by atoms with Gasteiger partial charge in [-0.1, -0.05) is 30.3 Å². The summed E-state index contributed by atoms with van der Waals surface area (Å²) in [5.41, 5.74) is 0.976. The van der Waals surface area contributed by atoms with Crippen molar-refractivity contribution < 1.29 is 35.4 Å². The van der Waals surface area contributed by atoms with Crippen LogP contribution >= 0.6 is 0 Å². The van der Waals surface area contributed by atoms with Crippen LogP contribution in [0.2, 0.25) is 0 Å². The Labute approximate surface area is 133 Å². The average Bonchev–Trinajstić information content (AvgIpc) is 2.59. The lowest BCUT2D eigenvalue weighted by molar-refractivity contribution is -0.156. The van der Waals surface area contributed by atoms with Crippen LogP contribution in [0.3, 0.4) is 0 Å². The first-order valence-electron chi connectivity index (χ1n) is 7.21. The van der Waals surface area contributed by atoms with Gasteiger partial charge >= 0.3 is 0 Å². The van der Waals surface area contributed by atoms with Crippen molar-refractivity contribution in [2.75, 3.05) is 13.2 Å². The molecule has 0 aromatic heterocycles. The predicted octanol–water partition coefficient (Wildman–Crippen LogP) is -2.86. The largest absolute Gasteiger partial charge is 0.394 e. The van der Waals surface area contributed by atoms with Crippen molar-refractivity contribution in [2.24, 2.45) is 0 Å². The van der Waals surface area contributed by atoms with Gasteiger partial charge in [-0.2, -0.15) is 0 Å². The minimum Gasteiger partial charge on any atom is -0.394 e. The van der Waals surface area contributed by atoms with E-state index in [1.807, 2.05) is 30.3 Å². The van der Waals surface area contributed by atoms with Gasteiger partial charge in [0.2, 0.25) is 0 Å². The molecule has 0 radical (unpaired) electrons. The number of amides is 1. The summed E-state index contributed by atoms with van der Waals surface area (Å²) in [5.74, 6) is -0.918. The van der Waals surface area contributed by atoms with Gasteiger partial charge in [0, 0.05) is 6.54 Å². The number of carbonyl (C=O) groups is 1. The van der Waals surface area contributed by atoms with E-state index in [2.05, 4.69) is 5.32 Å². The molecule has 130 valence electrons. The van der Waals surface area contributed by atoms with Gasteiger partial charge in [0.25, 0.3) is 5.91 Å². The monoisotopic (exact) mass is 329 g/mol. The van der Waals surface area contributed by atoms with Crippen LogP contribution in [0.4, 0.5) is 0 Å². The molecule has 0 aliphatic heterocycles. The minimum absolute atomic E-state index is 0.213. The van der Waals surface area contributed by atoms with E-state index in [-0.39, 0.29) is 6.54 Å². The Kier molecular flexibility index (Phi) is 8.10. The van der Waals surface area contributed by atoms with E-state index in [1.54, 1.807) is 0 Å². The zero-order chi connectivity index (χ0) is 17.4. The second kappa shape index (κ2) is 9.56. The summed E-state index contributed by atoms with van der Waals surface area (Å²) in [7, 11) is 0. The second-order valence-corrected chi connectivity index (χ2v) is 5.19. The standard InChI is InChI=1S/C15H23NO7/c17-8-10(18)11(19)12(20)13(21)14(22)15(23)16-7-6-9-4-2-1-3-5-9/h1-5,10-14,17-22H,6-8H2,(H,16,23)/t10-,11+,12+,13+,14+/m0/s1. The second-order valence-electron chi connectivity index (χ2n) is 5.19. The van der Waals surface area contributed by atoms with Crippen LogP contribution in [0, 0.1) is 0 Å². The SMILES string of the molecule is O=C(NCCc1ccccc1)[C@H](O)[C@H](O)[C@H](O)[C@H](O)[C@@H](O)CO. The number of aliphatic hydroxyl groups is 6. The Morgan fingerprint density at radius 3 is 2.13 bits per heavy atom. The maximum absolute atomic E-state index is 11.7. The van der Waals surface area contributed by atoms with Crippen LogP contribution < -0.4 is 5.32 Å². The molecule has 0 saturated carbocycles. The third-order valence-corrected chi connectivity index (χ3v) is 3.43. The fourth-order valence-corrected chi connectivity index (χ4v) is 1.96. The van der Waals surface area contributed by atoms with Crippen molar-refractivity contribution in [3.05, 3.63) is 35.9 Å². The number of carbonyl (C=O) groups excluding carboxylic acids is 1. The molecule has 7 N–H and O–H groups in total. The topological polar surface area (TPSA) is 150 Å². The van der Waals surface area contributed by atoms with Gasteiger partial charge in [0.15, 0.2) is 6.10 Å². The fourth-order valence-electron chi connectivity index (χ4n) is 1.96. The minimum atomic E-state index is -2.01. The molecule has 0 bridgehead atoms. The lowest BCUT2D eigenvalue weighted by atomic mass is 9.99.